The highest BCUT2D eigenvalue weighted by atomic mass is 35.5. The first-order chi connectivity index (χ1) is 16.1. The first kappa shape index (κ1) is 22.9. The second-order valence-electron chi connectivity index (χ2n) is 7.23. The van der Waals surface area contributed by atoms with Gasteiger partial charge in [-0.2, -0.15) is 0 Å². The number of nitrogens with zero attached hydrogens (tertiary/aromatic N) is 2. The Morgan fingerprint density at radius 3 is 2.70 bits per heavy atom. The molecule has 0 spiro atoms. The van der Waals surface area contributed by atoms with Crippen molar-refractivity contribution in [3.05, 3.63) is 93.7 Å². The number of carbonyl (C=O) groups excluding carboxylic acids is 1. The van der Waals surface area contributed by atoms with Crippen molar-refractivity contribution in [3.8, 4) is 11.4 Å². The molecular formula is C25H22ClN3O3S. The molecule has 0 aliphatic heterocycles. The number of benzene rings is 3. The standard InChI is InChI=1S/C25H22ClN3O3S/c1-32-22-12-5-2-7-17(22)13-14-27-23(30)16-33-25-28-21-11-4-3-10-20(21)24(31)29(25)19-9-6-8-18(26)15-19/h2-12,15H,13-14,16H2,1H3,(H,27,30). The largest absolute Gasteiger partial charge is 0.496 e. The molecule has 0 radical (unpaired) electrons. The molecule has 0 atom stereocenters. The van der Waals surface area contributed by atoms with Crippen molar-refractivity contribution in [2.45, 2.75) is 11.6 Å². The molecule has 33 heavy (non-hydrogen) atoms. The number of hydrogen-bond donors (Lipinski definition) is 1. The number of thioether (sulfide) groups is 1. The number of carbonyl (C=O) groups is 1. The fourth-order valence-electron chi connectivity index (χ4n) is 3.48. The van der Waals surface area contributed by atoms with Crippen molar-refractivity contribution in [2.24, 2.45) is 0 Å². The number of methoxy groups -OCH3 is 1. The van der Waals surface area contributed by atoms with Crippen molar-refractivity contribution in [2.75, 3.05) is 19.4 Å². The van der Waals surface area contributed by atoms with E-state index in [-0.39, 0.29) is 17.2 Å². The molecule has 0 saturated carbocycles. The number of fused-ring (bicyclic) bond motifs is 1. The van der Waals surface area contributed by atoms with E-state index in [0.717, 1.165) is 11.3 Å². The van der Waals surface area contributed by atoms with Crippen LogP contribution < -0.4 is 15.6 Å². The monoisotopic (exact) mass is 479 g/mol. The fourth-order valence-corrected chi connectivity index (χ4v) is 4.51. The third kappa shape index (κ3) is 5.38. The smallest absolute Gasteiger partial charge is 0.266 e. The minimum atomic E-state index is -0.207. The molecule has 8 heteroatoms. The van der Waals surface area contributed by atoms with Crippen LogP contribution in [0.15, 0.2) is 82.7 Å². The minimum absolute atomic E-state index is 0.122. The molecule has 4 aromatic rings. The van der Waals surface area contributed by atoms with Gasteiger partial charge in [-0.1, -0.05) is 59.8 Å². The molecule has 1 heterocycles. The van der Waals surface area contributed by atoms with E-state index >= 15 is 0 Å². The molecule has 3 aromatic carbocycles. The van der Waals surface area contributed by atoms with Gasteiger partial charge >= 0.3 is 0 Å². The third-order valence-electron chi connectivity index (χ3n) is 5.05. The normalized spacial score (nSPS) is 10.8. The highest BCUT2D eigenvalue weighted by Crippen LogP contribution is 2.23. The van der Waals surface area contributed by atoms with E-state index in [0.29, 0.717) is 39.7 Å². The summed E-state index contributed by atoms with van der Waals surface area (Å²) in [6.45, 7) is 0.478. The van der Waals surface area contributed by atoms with Gasteiger partial charge in [0.25, 0.3) is 5.56 Å². The second-order valence-corrected chi connectivity index (χ2v) is 8.61. The van der Waals surface area contributed by atoms with Crippen molar-refractivity contribution in [1.29, 1.82) is 0 Å². The van der Waals surface area contributed by atoms with Gasteiger partial charge in [0, 0.05) is 11.6 Å². The maximum absolute atomic E-state index is 13.2. The predicted molar refractivity (Wildman–Crippen MR) is 133 cm³/mol. The maximum atomic E-state index is 13.2. The number of amides is 1. The average molecular weight is 480 g/mol. The van der Waals surface area contributed by atoms with Crippen LogP contribution in [0.3, 0.4) is 0 Å². The van der Waals surface area contributed by atoms with Crippen LogP contribution >= 0.6 is 23.4 Å². The molecule has 0 aliphatic rings. The highest BCUT2D eigenvalue weighted by molar-refractivity contribution is 7.99. The van der Waals surface area contributed by atoms with Gasteiger partial charge in [0.1, 0.15) is 5.75 Å². The Morgan fingerprint density at radius 2 is 1.88 bits per heavy atom. The van der Waals surface area contributed by atoms with E-state index in [1.165, 1.54) is 16.3 Å². The first-order valence-corrected chi connectivity index (χ1v) is 11.7. The van der Waals surface area contributed by atoms with Crippen LogP contribution in [0.25, 0.3) is 16.6 Å². The molecule has 0 fully saturated rings. The quantitative estimate of drug-likeness (QED) is 0.297. The summed E-state index contributed by atoms with van der Waals surface area (Å²) in [6.07, 6.45) is 0.655. The Hall–Kier alpha value is -3.29. The van der Waals surface area contributed by atoms with E-state index in [9.17, 15) is 9.59 Å². The number of rotatable bonds is 8. The van der Waals surface area contributed by atoms with Gasteiger partial charge < -0.3 is 10.1 Å². The summed E-state index contributed by atoms with van der Waals surface area (Å²) in [5.41, 5.74) is 2.01. The Bertz CT molecular complexity index is 1360. The molecule has 0 aliphatic carbocycles. The summed E-state index contributed by atoms with van der Waals surface area (Å²) in [7, 11) is 1.63. The highest BCUT2D eigenvalue weighted by Gasteiger charge is 2.15. The fraction of sp³-hybridized carbons (Fsp3) is 0.160. The number of aromatic nitrogens is 2. The summed E-state index contributed by atoms with van der Waals surface area (Å²) < 4.78 is 6.85. The van der Waals surface area contributed by atoms with Gasteiger partial charge in [0.15, 0.2) is 5.16 Å². The van der Waals surface area contributed by atoms with Crippen LogP contribution in [0.1, 0.15) is 5.56 Å². The van der Waals surface area contributed by atoms with Crippen LogP contribution in [0, 0.1) is 0 Å². The van der Waals surface area contributed by atoms with Crippen molar-refractivity contribution in [3.63, 3.8) is 0 Å². The second kappa shape index (κ2) is 10.6. The van der Waals surface area contributed by atoms with Crippen LogP contribution in [0.2, 0.25) is 5.02 Å². The van der Waals surface area contributed by atoms with Crippen LogP contribution in [-0.2, 0) is 11.2 Å². The molecule has 0 saturated heterocycles. The summed E-state index contributed by atoms with van der Waals surface area (Å²) in [4.78, 5) is 30.4. The van der Waals surface area contributed by atoms with Crippen molar-refractivity contribution >= 4 is 40.2 Å². The van der Waals surface area contributed by atoms with Gasteiger partial charge in [0.05, 0.1) is 29.5 Å². The van der Waals surface area contributed by atoms with Gasteiger partial charge in [0.2, 0.25) is 5.91 Å². The molecule has 168 valence electrons. The number of nitrogens with one attached hydrogen (secondary N) is 1. The Labute approximate surface area is 200 Å². The molecular weight excluding hydrogens is 458 g/mol. The Balaban J connectivity index is 1.51. The van der Waals surface area contributed by atoms with Gasteiger partial charge in [-0.3, -0.25) is 14.2 Å². The molecule has 1 aromatic heterocycles. The molecule has 6 nitrogen and oxygen atoms in total. The zero-order valence-electron chi connectivity index (χ0n) is 18.0. The lowest BCUT2D eigenvalue weighted by atomic mass is 10.1. The summed E-state index contributed by atoms with van der Waals surface area (Å²) in [6, 6.07) is 21.9. The summed E-state index contributed by atoms with van der Waals surface area (Å²) in [5.74, 6) is 0.777. The predicted octanol–water partition coefficient (Wildman–Crippen LogP) is 4.50. The lowest BCUT2D eigenvalue weighted by Gasteiger charge is -2.13. The summed E-state index contributed by atoms with van der Waals surface area (Å²) in [5, 5.41) is 4.37. The molecule has 4 rings (SSSR count). The van der Waals surface area contributed by atoms with Gasteiger partial charge in [-0.05, 0) is 48.4 Å². The third-order valence-corrected chi connectivity index (χ3v) is 6.23. The van der Waals surface area contributed by atoms with E-state index in [1.54, 1.807) is 49.6 Å². The van der Waals surface area contributed by atoms with E-state index in [4.69, 9.17) is 16.3 Å². The van der Waals surface area contributed by atoms with Gasteiger partial charge in [-0.15, -0.1) is 0 Å². The lowest BCUT2D eigenvalue weighted by molar-refractivity contribution is -0.118. The van der Waals surface area contributed by atoms with E-state index in [1.807, 2.05) is 30.3 Å². The molecule has 0 unspecified atom stereocenters. The zero-order chi connectivity index (χ0) is 23.2. The van der Waals surface area contributed by atoms with Crippen molar-refractivity contribution < 1.29 is 9.53 Å². The van der Waals surface area contributed by atoms with Crippen LogP contribution in [0.5, 0.6) is 5.75 Å². The molecule has 1 N–H and O–H groups in total. The van der Waals surface area contributed by atoms with Gasteiger partial charge in [-0.25, -0.2) is 4.98 Å². The zero-order valence-corrected chi connectivity index (χ0v) is 19.5. The van der Waals surface area contributed by atoms with Crippen LogP contribution in [-0.4, -0.2) is 34.9 Å². The molecule has 1 amide bonds. The maximum Gasteiger partial charge on any atom is 0.266 e. The lowest BCUT2D eigenvalue weighted by Crippen LogP contribution is -2.28. The Kier molecular flexibility index (Phi) is 7.32. The molecule has 0 bridgehead atoms. The number of ether oxygens (including phenoxy) is 1. The number of para-hydroxylation sites is 2. The number of halogens is 1. The van der Waals surface area contributed by atoms with E-state index in [2.05, 4.69) is 10.3 Å². The first-order valence-electron chi connectivity index (χ1n) is 10.4. The Morgan fingerprint density at radius 1 is 1.09 bits per heavy atom. The van der Waals surface area contributed by atoms with E-state index < -0.39 is 0 Å². The van der Waals surface area contributed by atoms with Crippen molar-refractivity contribution in [1.82, 2.24) is 14.9 Å². The summed E-state index contributed by atoms with van der Waals surface area (Å²) >= 11 is 7.37. The minimum Gasteiger partial charge on any atom is -0.496 e. The average Bonchev–Trinajstić information content (AvgIpc) is 2.83. The SMILES string of the molecule is COc1ccccc1CCNC(=O)CSc1nc2ccccc2c(=O)n1-c1cccc(Cl)c1. The number of hydrogen-bond acceptors (Lipinski definition) is 5. The van der Waals surface area contributed by atoms with Crippen LogP contribution in [0.4, 0.5) is 0 Å². The topological polar surface area (TPSA) is 73.2 Å².